The summed E-state index contributed by atoms with van der Waals surface area (Å²) in [6.07, 6.45) is 2.42. The van der Waals surface area contributed by atoms with Crippen molar-refractivity contribution in [1.82, 2.24) is 9.62 Å². The first kappa shape index (κ1) is 15.0. The van der Waals surface area contributed by atoms with Crippen LogP contribution in [0.25, 0.3) is 0 Å². The monoisotopic (exact) mass is 346 g/mol. The van der Waals surface area contributed by atoms with Gasteiger partial charge in [0.2, 0.25) is 10.0 Å². The number of hydrogen-bond donors (Lipinski definition) is 1. The molecule has 1 heterocycles. The lowest BCUT2D eigenvalue weighted by atomic mass is 10.3. The van der Waals surface area contributed by atoms with Gasteiger partial charge in [-0.2, -0.15) is 0 Å². The van der Waals surface area contributed by atoms with Gasteiger partial charge in [0.25, 0.3) is 0 Å². The highest BCUT2D eigenvalue weighted by atomic mass is 79.9. The second kappa shape index (κ2) is 6.35. The van der Waals surface area contributed by atoms with Crippen molar-refractivity contribution in [2.75, 3.05) is 19.6 Å². The summed E-state index contributed by atoms with van der Waals surface area (Å²) < 4.78 is 27.9. The lowest BCUT2D eigenvalue weighted by Crippen LogP contribution is -2.41. The minimum absolute atomic E-state index is 0.0878. The highest BCUT2D eigenvalue weighted by Gasteiger charge is 2.22. The van der Waals surface area contributed by atoms with Crippen LogP contribution in [0.5, 0.6) is 0 Å². The average molecular weight is 347 g/mol. The largest absolute Gasteiger partial charge is 0.302 e. The normalized spacial score (nSPS) is 18.6. The van der Waals surface area contributed by atoms with Crippen LogP contribution in [-0.4, -0.2) is 39.0 Å². The molecule has 1 aliphatic rings. The maximum absolute atomic E-state index is 12.3. The minimum Gasteiger partial charge on any atom is -0.302 e. The van der Waals surface area contributed by atoms with E-state index in [0.717, 1.165) is 19.6 Å². The van der Waals surface area contributed by atoms with Crippen LogP contribution in [0.2, 0.25) is 0 Å². The van der Waals surface area contributed by atoms with Crippen molar-refractivity contribution >= 4 is 26.0 Å². The van der Waals surface area contributed by atoms with Crippen molar-refractivity contribution in [2.45, 2.75) is 30.7 Å². The Morgan fingerprint density at radius 1 is 1.32 bits per heavy atom. The standard InChI is InChI=1S/C13H19BrN2O2S/c1-11(10-16-8-4-5-9-16)15-19(17,18)13-7-3-2-6-12(13)14/h2-3,6-7,11,15H,4-5,8-10H2,1H3. The van der Waals surface area contributed by atoms with Crippen LogP contribution < -0.4 is 4.72 Å². The number of nitrogens with one attached hydrogen (secondary N) is 1. The van der Waals surface area contributed by atoms with E-state index in [1.165, 1.54) is 12.8 Å². The molecule has 1 fully saturated rings. The van der Waals surface area contributed by atoms with Gasteiger partial charge in [0, 0.05) is 17.1 Å². The van der Waals surface area contributed by atoms with Crippen molar-refractivity contribution in [2.24, 2.45) is 0 Å². The molecule has 0 spiro atoms. The van der Waals surface area contributed by atoms with E-state index in [1.54, 1.807) is 24.3 Å². The van der Waals surface area contributed by atoms with Gasteiger partial charge >= 0.3 is 0 Å². The molecule has 1 aromatic rings. The molecule has 6 heteroatoms. The summed E-state index contributed by atoms with van der Waals surface area (Å²) in [4.78, 5) is 2.59. The number of hydrogen-bond acceptors (Lipinski definition) is 3. The van der Waals surface area contributed by atoms with Gasteiger partial charge < -0.3 is 4.90 Å². The van der Waals surface area contributed by atoms with Gasteiger partial charge in [0.1, 0.15) is 0 Å². The number of rotatable bonds is 5. The number of benzene rings is 1. The molecule has 106 valence electrons. The molecule has 1 aliphatic heterocycles. The van der Waals surface area contributed by atoms with Gasteiger partial charge in [0.05, 0.1) is 4.90 Å². The zero-order valence-corrected chi connectivity index (χ0v) is 13.4. The predicted octanol–water partition coefficient (Wildman–Crippen LogP) is 2.21. The van der Waals surface area contributed by atoms with Crippen molar-refractivity contribution in [1.29, 1.82) is 0 Å². The fourth-order valence-electron chi connectivity index (χ4n) is 2.38. The molecule has 0 saturated carbocycles. The first-order valence-electron chi connectivity index (χ1n) is 6.48. The van der Waals surface area contributed by atoms with Crippen LogP contribution in [-0.2, 0) is 10.0 Å². The van der Waals surface area contributed by atoms with Crippen LogP contribution in [0.4, 0.5) is 0 Å². The van der Waals surface area contributed by atoms with Gasteiger partial charge in [-0.1, -0.05) is 12.1 Å². The summed E-state index contributed by atoms with van der Waals surface area (Å²) in [6, 6.07) is 6.78. The van der Waals surface area contributed by atoms with Crippen molar-refractivity contribution < 1.29 is 8.42 Å². The summed E-state index contributed by atoms with van der Waals surface area (Å²) in [7, 11) is -3.46. The Morgan fingerprint density at radius 2 is 1.95 bits per heavy atom. The van der Waals surface area contributed by atoms with E-state index in [0.29, 0.717) is 9.37 Å². The number of nitrogens with zero attached hydrogens (tertiary/aromatic N) is 1. The quantitative estimate of drug-likeness (QED) is 0.889. The molecule has 2 rings (SSSR count). The van der Waals surface area contributed by atoms with Crippen LogP contribution in [0, 0.1) is 0 Å². The first-order valence-corrected chi connectivity index (χ1v) is 8.76. The molecule has 1 N–H and O–H groups in total. The van der Waals surface area contributed by atoms with Crippen LogP contribution in [0.3, 0.4) is 0 Å². The van der Waals surface area contributed by atoms with Crippen LogP contribution in [0.15, 0.2) is 33.6 Å². The molecular formula is C13H19BrN2O2S. The third kappa shape index (κ3) is 4.02. The lowest BCUT2D eigenvalue weighted by Gasteiger charge is -2.21. The van der Waals surface area contributed by atoms with Crippen molar-refractivity contribution in [3.63, 3.8) is 0 Å². The maximum Gasteiger partial charge on any atom is 0.241 e. The fraction of sp³-hybridized carbons (Fsp3) is 0.538. The first-order chi connectivity index (χ1) is 8.99. The highest BCUT2D eigenvalue weighted by Crippen LogP contribution is 2.21. The molecule has 4 nitrogen and oxygen atoms in total. The van der Waals surface area contributed by atoms with E-state index in [9.17, 15) is 8.42 Å². The minimum atomic E-state index is -3.46. The number of halogens is 1. The topological polar surface area (TPSA) is 49.4 Å². The second-order valence-corrected chi connectivity index (χ2v) is 7.50. The van der Waals surface area contributed by atoms with Crippen molar-refractivity contribution in [3.05, 3.63) is 28.7 Å². The van der Waals surface area contributed by atoms with Crippen molar-refractivity contribution in [3.8, 4) is 0 Å². The second-order valence-electron chi connectivity index (χ2n) is 4.96. The smallest absolute Gasteiger partial charge is 0.241 e. The molecular weight excluding hydrogens is 328 g/mol. The zero-order valence-electron chi connectivity index (χ0n) is 11.0. The Balaban J connectivity index is 2.02. The highest BCUT2D eigenvalue weighted by molar-refractivity contribution is 9.10. The molecule has 0 aliphatic carbocycles. The summed E-state index contributed by atoms with van der Waals surface area (Å²) in [5, 5.41) is 0. The van der Waals surface area contributed by atoms with Gasteiger partial charge in [-0.3, -0.25) is 0 Å². The van der Waals surface area contributed by atoms with Gasteiger partial charge in [-0.25, -0.2) is 13.1 Å². The number of sulfonamides is 1. The molecule has 0 radical (unpaired) electrons. The third-order valence-electron chi connectivity index (χ3n) is 3.21. The summed E-state index contributed by atoms with van der Waals surface area (Å²) >= 11 is 3.28. The molecule has 19 heavy (non-hydrogen) atoms. The van der Waals surface area contributed by atoms with Gasteiger partial charge in [-0.15, -0.1) is 0 Å². The zero-order chi connectivity index (χ0) is 13.9. The van der Waals surface area contributed by atoms with Gasteiger partial charge in [0.15, 0.2) is 0 Å². The Labute approximate surface area is 123 Å². The number of likely N-dealkylation sites (tertiary alicyclic amines) is 1. The molecule has 1 unspecified atom stereocenters. The molecule has 0 aromatic heterocycles. The molecule has 1 saturated heterocycles. The molecule has 0 amide bonds. The summed E-state index contributed by atoms with van der Waals surface area (Å²) in [5.74, 6) is 0. The third-order valence-corrected chi connectivity index (χ3v) is 5.81. The van der Waals surface area contributed by atoms with Crippen LogP contribution in [0.1, 0.15) is 19.8 Å². The maximum atomic E-state index is 12.3. The Hall–Kier alpha value is -0.430. The van der Waals surface area contributed by atoms with E-state index in [2.05, 4.69) is 25.6 Å². The van der Waals surface area contributed by atoms with Crippen LogP contribution >= 0.6 is 15.9 Å². The summed E-state index contributed by atoms with van der Waals surface area (Å²) in [5.41, 5.74) is 0. The van der Waals surface area contributed by atoms with E-state index in [1.807, 2.05) is 6.92 Å². The van der Waals surface area contributed by atoms with Gasteiger partial charge in [-0.05, 0) is 60.9 Å². The Kier molecular flexibility index (Phi) is 5.00. The average Bonchev–Trinajstić information content (AvgIpc) is 2.81. The SMILES string of the molecule is CC(CN1CCCC1)NS(=O)(=O)c1ccccc1Br. The molecule has 1 aromatic carbocycles. The van der Waals surface area contributed by atoms with E-state index >= 15 is 0 Å². The van der Waals surface area contributed by atoms with E-state index in [4.69, 9.17) is 0 Å². The lowest BCUT2D eigenvalue weighted by molar-refractivity contribution is 0.312. The predicted molar refractivity (Wildman–Crippen MR) is 79.6 cm³/mol. The molecule has 1 atom stereocenters. The van der Waals surface area contributed by atoms with E-state index in [-0.39, 0.29) is 6.04 Å². The van der Waals surface area contributed by atoms with E-state index < -0.39 is 10.0 Å². The summed E-state index contributed by atoms with van der Waals surface area (Å²) in [6.45, 7) is 4.82. The Morgan fingerprint density at radius 3 is 2.58 bits per heavy atom. The molecule has 0 bridgehead atoms. The fourth-order valence-corrected chi connectivity index (χ4v) is 4.62. The Bertz CT molecular complexity index is 527.